The standard InChI is InChI=1S/C14H9ClF3NOS.C6H14O2.C2H6/c1-21-12-4-7(2-3-9(12)15)14(20)19-8-5-10(16)13(18)11(17)6-8;1-3-4-6(2,8)5-7;1-2/h2-6H,1H3,(H,19,20);7-8H,3-5H2,1-2H3;1-2H3. The average Bonchev–Trinajstić information content (AvgIpc) is 2.74. The lowest BCUT2D eigenvalue weighted by atomic mass is 10.0. The lowest BCUT2D eigenvalue weighted by Crippen LogP contribution is -2.28. The Morgan fingerprint density at radius 1 is 1.16 bits per heavy atom. The minimum absolute atomic E-state index is 0.138. The fraction of sp³-hybridized carbons (Fsp3) is 0.409. The Kier molecular flexibility index (Phi) is 13.5. The lowest BCUT2D eigenvalue weighted by molar-refractivity contribution is -0.00552. The van der Waals surface area contributed by atoms with Crippen LogP contribution < -0.4 is 5.32 Å². The van der Waals surface area contributed by atoms with E-state index in [1.807, 2.05) is 20.8 Å². The third-order valence-corrected chi connectivity index (χ3v) is 5.00. The predicted molar refractivity (Wildman–Crippen MR) is 121 cm³/mol. The van der Waals surface area contributed by atoms with E-state index in [1.165, 1.54) is 17.8 Å². The molecule has 0 fully saturated rings. The smallest absolute Gasteiger partial charge is 0.255 e. The van der Waals surface area contributed by atoms with Gasteiger partial charge in [0.25, 0.3) is 5.91 Å². The zero-order chi connectivity index (χ0) is 24.2. The van der Waals surface area contributed by atoms with Gasteiger partial charge in [0, 0.05) is 28.3 Å². The molecule has 0 saturated heterocycles. The summed E-state index contributed by atoms with van der Waals surface area (Å²) >= 11 is 7.29. The maximum atomic E-state index is 13.1. The van der Waals surface area contributed by atoms with Crippen LogP contribution in [0, 0.1) is 17.5 Å². The molecule has 2 rings (SSSR count). The summed E-state index contributed by atoms with van der Waals surface area (Å²) in [5.41, 5.74) is -0.750. The highest BCUT2D eigenvalue weighted by molar-refractivity contribution is 7.98. The monoisotopic (exact) mass is 479 g/mol. The topological polar surface area (TPSA) is 69.6 Å². The number of nitrogens with one attached hydrogen (secondary N) is 1. The van der Waals surface area contributed by atoms with Crippen LogP contribution in [-0.2, 0) is 0 Å². The number of benzene rings is 2. The third-order valence-electron chi connectivity index (χ3n) is 3.78. The second-order valence-corrected chi connectivity index (χ2v) is 7.72. The van der Waals surface area contributed by atoms with Crippen molar-refractivity contribution in [3.05, 3.63) is 58.4 Å². The normalized spacial score (nSPS) is 12.0. The molecule has 1 atom stereocenters. The Hall–Kier alpha value is -1.74. The molecule has 2 aromatic carbocycles. The van der Waals surface area contributed by atoms with Crippen LogP contribution in [0.2, 0.25) is 5.02 Å². The fourth-order valence-corrected chi connectivity index (χ4v) is 3.11. The van der Waals surface area contributed by atoms with Crippen molar-refractivity contribution in [2.45, 2.75) is 51.0 Å². The highest BCUT2D eigenvalue weighted by Gasteiger charge is 2.16. The molecule has 0 radical (unpaired) electrons. The van der Waals surface area contributed by atoms with E-state index >= 15 is 0 Å². The number of aliphatic hydroxyl groups is 2. The molecule has 0 aliphatic rings. The summed E-state index contributed by atoms with van der Waals surface area (Å²) in [4.78, 5) is 12.7. The van der Waals surface area contributed by atoms with E-state index in [2.05, 4.69) is 5.32 Å². The van der Waals surface area contributed by atoms with Gasteiger partial charge >= 0.3 is 0 Å². The van der Waals surface area contributed by atoms with Gasteiger partial charge in [-0.25, -0.2) is 13.2 Å². The molecule has 0 aliphatic heterocycles. The first-order valence-corrected chi connectivity index (χ1v) is 11.3. The van der Waals surface area contributed by atoms with E-state index in [0.717, 1.165) is 6.42 Å². The number of rotatable bonds is 6. The number of halogens is 4. The summed E-state index contributed by atoms with van der Waals surface area (Å²) < 4.78 is 39.0. The number of aliphatic hydroxyl groups excluding tert-OH is 1. The average molecular weight is 480 g/mol. The van der Waals surface area contributed by atoms with Gasteiger partial charge in [-0.05, 0) is 37.8 Å². The first-order chi connectivity index (χ1) is 14.5. The molecule has 31 heavy (non-hydrogen) atoms. The van der Waals surface area contributed by atoms with Crippen LogP contribution in [0.5, 0.6) is 0 Å². The van der Waals surface area contributed by atoms with Gasteiger partial charge in [-0.3, -0.25) is 4.79 Å². The Balaban J connectivity index is 0.000000762. The maximum Gasteiger partial charge on any atom is 0.255 e. The van der Waals surface area contributed by atoms with Crippen molar-refractivity contribution in [1.82, 2.24) is 0 Å². The molecular weight excluding hydrogens is 451 g/mol. The van der Waals surface area contributed by atoms with Crippen molar-refractivity contribution < 1.29 is 28.2 Å². The molecule has 9 heteroatoms. The number of carbonyl (C=O) groups excluding carboxylic acids is 1. The van der Waals surface area contributed by atoms with Crippen LogP contribution in [0.15, 0.2) is 35.2 Å². The van der Waals surface area contributed by atoms with Crippen LogP contribution in [0.1, 0.15) is 50.9 Å². The molecule has 1 amide bonds. The maximum absolute atomic E-state index is 13.1. The zero-order valence-electron chi connectivity index (χ0n) is 18.2. The zero-order valence-corrected chi connectivity index (χ0v) is 19.8. The van der Waals surface area contributed by atoms with Gasteiger partial charge in [0.05, 0.1) is 17.2 Å². The first kappa shape index (κ1) is 29.3. The van der Waals surface area contributed by atoms with Crippen molar-refractivity contribution >= 4 is 35.0 Å². The minimum atomic E-state index is -1.58. The minimum Gasteiger partial charge on any atom is -0.393 e. The number of hydrogen-bond donors (Lipinski definition) is 3. The number of anilines is 1. The Labute approximate surface area is 190 Å². The molecule has 2 aromatic rings. The summed E-state index contributed by atoms with van der Waals surface area (Å²) in [5.74, 6) is -4.89. The Bertz CT molecular complexity index is 828. The second kappa shape index (κ2) is 14.3. The molecular formula is C22H29ClF3NO3S. The summed E-state index contributed by atoms with van der Waals surface area (Å²) in [6.45, 7) is 7.47. The van der Waals surface area contributed by atoms with Gasteiger partial charge in [-0.15, -0.1) is 11.8 Å². The molecule has 0 aromatic heterocycles. The third kappa shape index (κ3) is 9.95. The SMILES string of the molecule is CC.CCCC(C)(O)CO.CSc1cc(C(=O)Nc2cc(F)c(F)c(F)c2)ccc1Cl. The van der Waals surface area contributed by atoms with E-state index in [4.69, 9.17) is 21.8 Å². The summed E-state index contributed by atoms with van der Waals surface area (Å²) in [6, 6.07) is 6.00. The highest BCUT2D eigenvalue weighted by atomic mass is 35.5. The molecule has 0 saturated carbocycles. The lowest BCUT2D eigenvalue weighted by Gasteiger charge is -2.18. The number of carbonyl (C=O) groups is 1. The first-order valence-electron chi connectivity index (χ1n) is 9.67. The van der Waals surface area contributed by atoms with Crippen molar-refractivity contribution in [2.75, 3.05) is 18.2 Å². The largest absolute Gasteiger partial charge is 0.393 e. The molecule has 0 aliphatic carbocycles. The number of amides is 1. The van der Waals surface area contributed by atoms with Crippen LogP contribution in [0.4, 0.5) is 18.9 Å². The molecule has 3 N–H and O–H groups in total. The van der Waals surface area contributed by atoms with Crippen molar-refractivity contribution in [3.8, 4) is 0 Å². The number of hydrogen-bond acceptors (Lipinski definition) is 4. The Morgan fingerprint density at radius 2 is 1.71 bits per heavy atom. The van der Waals surface area contributed by atoms with E-state index in [1.54, 1.807) is 25.3 Å². The summed E-state index contributed by atoms with van der Waals surface area (Å²) in [6.07, 6.45) is 3.38. The molecule has 174 valence electrons. The van der Waals surface area contributed by atoms with E-state index in [9.17, 15) is 18.0 Å². The van der Waals surface area contributed by atoms with Gasteiger partial charge in [0.15, 0.2) is 17.5 Å². The van der Waals surface area contributed by atoms with Gasteiger partial charge in [-0.2, -0.15) is 0 Å². The van der Waals surface area contributed by atoms with Crippen molar-refractivity contribution in [2.24, 2.45) is 0 Å². The van der Waals surface area contributed by atoms with E-state index in [-0.39, 0.29) is 17.9 Å². The molecule has 1 unspecified atom stereocenters. The second-order valence-electron chi connectivity index (χ2n) is 6.46. The van der Waals surface area contributed by atoms with E-state index in [0.29, 0.717) is 28.5 Å². The van der Waals surface area contributed by atoms with Crippen LogP contribution in [0.25, 0.3) is 0 Å². The highest BCUT2D eigenvalue weighted by Crippen LogP contribution is 2.26. The molecule has 0 spiro atoms. The van der Waals surface area contributed by atoms with E-state index < -0.39 is 29.0 Å². The molecule has 0 bridgehead atoms. The predicted octanol–water partition coefficient (Wildman–Crippen LogP) is 6.29. The van der Waals surface area contributed by atoms with Gasteiger partial charge in [0.1, 0.15) is 0 Å². The van der Waals surface area contributed by atoms with Gasteiger partial charge in [0.2, 0.25) is 0 Å². The quantitative estimate of drug-likeness (QED) is 0.336. The van der Waals surface area contributed by atoms with Crippen LogP contribution >= 0.6 is 23.4 Å². The van der Waals surface area contributed by atoms with Gasteiger partial charge in [-0.1, -0.05) is 38.8 Å². The van der Waals surface area contributed by atoms with Gasteiger partial charge < -0.3 is 15.5 Å². The van der Waals surface area contributed by atoms with Crippen molar-refractivity contribution in [1.29, 1.82) is 0 Å². The molecule has 4 nitrogen and oxygen atoms in total. The summed E-state index contributed by atoms with van der Waals surface area (Å²) in [5, 5.41) is 20.3. The fourth-order valence-electron chi connectivity index (χ4n) is 2.25. The van der Waals surface area contributed by atoms with Crippen LogP contribution in [-0.4, -0.2) is 34.6 Å². The molecule has 0 heterocycles. The number of thioether (sulfide) groups is 1. The Morgan fingerprint density at radius 3 is 2.13 bits per heavy atom. The summed E-state index contributed by atoms with van der Waals surface area (Å²) in [7, 11) is 0. The van der Waals surface area contributed by atoms with Crippen LogP contribution in [0.3, 0.4) is 0 Å². The van der Waals surface area contributed by atoms with Crippen molar-refractivity contribution in [3.63, 3.8) is 0 Å².